The zero-order chi connectivity index (χ0) is 13.8. The molecule has 0 bridgehead atoms. The Kier molecular flexibility index (Phi) is 4.96. The van der Waals surface area contributed by atoms with E-state index in [9.17, 15) is 4.39 Å². The Morgan fingerprint density at radius 1 is 1.42 bits per heavy atom. The van der Waals surface area contributed by atoms with Crippen LogP contribution in [0.1, 0.15) is 23.4 Å². The Hall–Kier alpha value is -0.910. The zero-order valence-corrected chi connectivity index (χ0v) is 13.1. The van der Waals surface area contributed by atoms with E-state index in [1.54, 1.807) is 17.4 Å². The second-order valence-corrected chi connectivity index (χ2v) is 6.03. The van der Waals surface area contributed by atoms with Crippen LogP contribution in [-0.4, -0.2) is 7.05 Å². The Labute approximate surface area is 124 Å². The third-order valence-electron chi connectivity index (χ3n) is 2.92. The zero-order valence-electron chi connectivity index (χ0n) is 10.7. The van der Waals surface area contributed by atoms with Crippen molar-refractivity contribution in [3.63, 3.8) is 0 Å². The van der Waals surface area contributed by atoms with Crippen LogP contribution in [0.5, 0.6) is 5.75 Å². The second kappa shape index (κ2) is 6.50. The highest BCUT2D eigenvalue weighted by Crippen LogP contribution is 2.29. The molecule has 0 aliphatic carbocycles. The molecule has 1 aromatic carbocycles. The van der Waals surface area contributed by atoms with Crippen LogP contribution in [0.4, 0.5) is 4.39 Å². The topological polar surface area (TPSA) is 21.3 Å². The lowest BCUT2D eigenvalue weighted by Gasteiger charge is -2.16. The molecule has 0 radical (unpaired) electrons. The third-order valence-corrected chi connectivity index (χ3v) is 4.82. The van der Waals surface area contributed by atoms with Crippen LogP contribution in [0.15, 0.2) is 34.1 Å². The molecule has 0 saturated heterocycles. The maximum atomic E-state index is 13.3. The molecule has 0 fully saturated rings. The fourth-order valence-electron chi connectivity index (χ4n) is 1.72. The van der Waals surface area contributed by atoms with Crippen LogP contribution in [0, 0.1) is 5.82 Å². The minimum atomic E-state index is -0.248. The highest BCUT2D eigenvalue weighted by Gasteiger charge is 2.12. The van der Waals surface area contributed by atoms with Crippen LogP contribution in [0.25, 0.3) is 0 Å². The van der Waals surface area contributed by atoms with Crippen molar-refractivity contribution in [2.24, 2.45) is 0 Å². The highest BCUT2D eigenvalue weighted by atomic mass is 79.9. The maximum Gasteiger partial charge on any atom is 0.124 e. The monoisotopic (exact) mass is 343 g/mol. The van der Waals surface area contributed by atoms with Crippen molar-refractivity contribution < 1.29 is 9.13 Å². The molecular weight excluding hydrogens is 329 g/mol. The van der Waals surface area contributed by atoms with E-state index in [1.165, 1.54) is 12.1 Å². The van der Waals surface area contributed by atoms with Crippen molar-refractivity contribution in [2.45, 2.75) is 19.6 Å². The molecule has 1 heterocycles. The lowest BCUT2D eigenvalue weighted by molar-refractivity contribution is 0.302. The van der Waals surface area contributed by atoms with E-state index in [-0.39, 0.29) is 11.9 Å². The van der Waals surface area contributed by atoms with Crippen LogP contribution in [0.3, 0.4) is 0 Å². The van der Waals surface area contributed by atoms with Gasteiger partial charge in [0.1, 0.15) is 18.2 Å². The highest BCUT2D eigenvalue weighted by molar-refractivity contribution is 9.10. The summed E-state index contributed by atoms with van der Waals surface area (Å²) >= 11 is 5.10. The number of ether oxygens (including phenoxy) is 1. The fourth-order valence-corrected chi connectivity index (χ4v) is 3.09. The van der Waals surface area contributed by atoms with E-state index in [0.29, 0.717) is 12.4 Å². The summed E-state index contributed by atoms with van der Waals surface area (Å²) in [5.41, 5.74) is 0.829. The van der Waals surface area contributed by atoms with E-state index < -0.39 is 0 Å². The first-order valence-corrected chi connectivity index (χ1v) is 7.60. The molecule has 1 N–H and O–H groups in total. The third kappa shape index (κ3) is 3.55. The number of rotatable bonds is 5. The average molecular weight is 344 g/mol. The first-order chi connectivity index (χ1) is 9.11. The molecule has 2 rings (SSSR count). The van der Waals surface area contributed by atoms with Gasteiger partial charge < -0.3 is 10.1 Å². The summed E-state index contributed by atoms with van der Waals surface area (Å²) in [5, 5.41) is 5.10. The lowest BCUT2D eigenvalue weighted by Crippen LogP contribution is -2.14. The molecule has 1 unspecified atom stereocenters. The molecule has 102 valence electrons. The molecule has 5 heteroatoms. The molecule has 0 saturated carbocycles. The van der Waals surface area contributed by atoms with Gasteiger partial charge in [0.15, 0.2) is 0 Å². The minimum absolute atomic E-state index is 0.0393. The van der Waals surface area contributed by atoms with E-state index >= 15 is 0 Å². The molecular formula is C14H15BrFNOS. The summed E-state index contributed by atoms with van der Waals surface area (Å²) in [6.45, 7) is 2.45. The number of hydrogen-bond donors (Lipinski definition) is 1. The maximum absolute atomic E-state index is 13.3. The van der Waals surface area contributed by atoms with Crippen molar-refractivity contribution in [2.75, 3.05) is 7.05 Å². The Bertz CT molecular complexity index is 558. The molecule has 0 aliphatic rings. The van der Waals surface area contributed by atoms with E-state index in [1.807, 2.05) is 25.4 Å². The van der Waals surface area contributed by atoms with Crippen molar-refractivity contribution in [1.29, 1.82) is 0 Å². The van der Waals surface area contributed by atoms with Gasteiger partial charge in [0.25, 0.3) is 0 Å². The van der Waals surface area contributed by atoms with Gasteiger partial charge in [-0.05, 0) is 59.5 Å². The number of halogens is 2. The molecule has 1 aromatic heterocycles. The fraction of sp³-hybridized carbons (Fsp3) is 0.286. The van der Waals surface area contributed by atoms with Gasteiger partial charge in [-0.2, -0.15) is 0 Å². The Balaban J connectivity index is 2.18. The standard InChI is InChI=1S/C14H15BrFNOS/c1-9(17-2)11-7-10(16)3-4-13(11)18-8-14-12(15)5-6-19-14/h3-7,9,17H,8H2,1-2H3. The molecule has 0 aliphatic heterocycles. The quantitative estimate of drug-likeness (QED) is 0.862. The van der Waals surface area contributed by atoms with Gasteiger partial charge in [-0.25, -0.2) is 4.39 Å². The Morgan fingerprint density at radius 2 is 2.21 bits per heavy atom. The predicted octanol–water partition coefficient (Wildman–Crippen LogP) is 4.51. The number of hydrogen-bond acceptors (Lipinski definition) is 3. The van der Waals surface area contributed by atoms with Crippen LogP contribution >= 0.6 is 27.3 Å². The van der Waals surface area contributed by atoms with Crippen LogP contribution in [0.2, 0.25) is 0 Å². The summed E-state index contributed by atoms with van der Waals surface area (Å²) in [7, 11) is 1.84. The first-order valence-electron chi connectivity index (χ1n) is 5.93. The van der Waals surface area contributed by atoms with Crippen LogP contribution in [-0.2, 0) is 6.61 Å². The van der Waals surface area contributed by atoms with Gasteiger partial charge in [0.05, 0.1) is 4.88 Å². The van der Waals surface area contributed by atoms with Crippen molar-refractivity contribution in [3.05, 3.63) is 50.4 Å². The molecule has 1 atom stereocenters. The molecule has 2 aromatic rings. The minimum Gasteiger partial charge on any atom is -0.488 e. The van der Waals surface area contributed by atoms with Gasteiger partial charge in [0, 0.05) is 16.1 Å². The van der Waals surface area contributed by atoms with Crippen LogP contribution < -0.4 is 10.1 Å². The van der Waals surface area contributed by atoms with E-state index in [2.05, 4.69) is 21.2 Å². The number of benzene rings is 1. The lowest BCUT2D eigenvalue weighted by atomic mass is 10.1. The second-order valence-electron chi connectivity index (χ2n) is 4.17. The van der Waals surface area contributed by atoms with Gasteiger partial charge in [-0.1, -0.05) is 0 Å². The van der Waals surface area contributed by atoms with Crippen molar-refractivity contribution >= 4 is 27.3 Å². The predicted molar refractivity (Wildman–Crippen MR) is 80.2 cm³/mol. The molecule has 0 spiro atoms. The summed E-state index contributed by atoms with van der Waals surface area (Å²) in [6, 6.07) is 6.65. The van der Waals surface area contributed by atoms with E-state index in [0.717, 1.165) is 14.9 Å². The largest absolute Gasteiger partial charge is 0.488 e. The molecule has 0 amide bonds. The van der Waals surface area contributed by atoms with Crippen molar-refractivity contribution in [1.82, 2.24) is 5.32 Å². The van der Waals surface area contributed by atoms with Gasteiger partial charge >= 0.3 is 0 Å². The summed E-state index contributed by atoms with van der Waals surface area (Å²) in [6.07, 6.45) is 0. The summed E-state index contributed by atoms with van der Waals surface area (Å²) in [5.74, 6) is 0.463. The number of nitrogens with one attached hydrogen (secondary N) is 1. The average Bonchev–Trinajstić information content (AvgIpc) is 2.82. The van der Waals surface area contributed by atoms with Gasteiger partial charge in [-0.15, -0.1) is 11.3 Å². The molecule has 19 heavy (non-hydrogen) atoms. The first kappa shape index (κ1) is 14.5. The number of thiophene rings is 1. The Morgan fingerprint density at radius 3 is 2.84 bits per heavy atom. The summed E-state index contributed by atoms with van der Waals surface area (Å²) in [4.78, 5) is 1.12. The van der Waals surface area contributed by atoms with E-state index in [4.69, 9.17) is 4.74 Å². The SMILES string of the molecule is CNC(C)c1cc(F)ccc1OCc1sccc1Br. The summed E-state index contributed by atoms with van der Waals surface area (Å²) < 4.78 is 20.2. The normalized spacial score (nSPS) is 12.4. The van der Waals surface area contributed by atoms with Gasteiger partial charge in [0.2, 0.25) is 0 Å². The smallest absolute Gasteiger partial charge is 0.124 e. The van der Waals surface area contributed by atoms with Gasteiger partial charge in [-0.3, -0.25) is 0 Å². The van der Waals surface area contributed by atoms with Crippen molar-refractivity contribution in [3.8, 4) is 5.75 Å². The molecule has 2 nitrogen and oxygen atoms in total.